The maximum Gasteiger partial charge on any atom is 0.115 e. The minimum Gasteiger partial charge on any atom is -0.311 e. The van der Waals surface area contributed by atoms with E-state index in [4.69, 9.17) is 0 Å². The van der Waals surface area contributed by atoms with Gasteiger partial charge in [0.2, 0.25) is 0 Å². The number of aromatic nitrogens is 2. The van der Waals surface area contributed by atoms with E-state index in [1.807, 2.05) is 12.3 Å². The van der Waals surface area contributed by atoms with E-state index < -0.39 is 0 Å². The van der Waals surface area contributed by atoms with Gasteiger partial charge in [0.05, 0.1) is 5.69 Å². The van der Waals surface area contributed by atoms with Crippen molar-refractivity contribution in [1.29, 1.82) is 0 Å². The molecular formula is C14H24N4. The van der Waals surface area contributed by atoms with Gasteiger partial charge in [-0.15, -0.1) is 0 Å². The van der Waals surface area contributed by atoms with E-state index in [0.29, 0.717) is 12.1 Å². The van der Waals surface area contributed by atoms with Crippen molar-refractivity contribution in [2.24, 2.45) is 0 Å². The lowest BCUT2D eigenvalue weighted by atomic mass is 10.1. The molecule has 0 amide bonds. The third-order valence-electron chi connectivity index (χ3n) is 3.71. The molecule has 18 heavy (non-hydrogen) atoms. The fourth-order valence-corrected chi connectivity index (χ4v) is 2.52. The van der Waals surface area contributed by atoms with Crippen LogP contribution in [-0.2, 0) is 6.54 Å². The van der Waals surface area contributed by atoms with E-state index in [1.54, 1.807) is 6.33 Å². The molecule has 0 saturated carbocycles. The van der Waals surface area contributed by atoms with E-state index in [-0.39, 0.29) is 0 Å². The second-order valence-corrected chi connectivity index (χ2v) is 5.23. The Morgan fingerprint density at radius 2 is 2.22 bits per heavy atom. The molecule has 100 valence electrons. The first kappa shape index (κ1) is 13.4. The summed E-state index contributed by atoms with van der Waals surface area (Å²) in [5.74, 6) is 0. The molecule has 2 atom stereocenters. The minimum atomic E-state index is 0.614. The molecule has 2 rings (SSSR count). The highest BCUT2D eigenvalue weighted by Gasteiger charge is 2.17. The van der Waals surface area contributed by atoms with Gasteiger partial charge >= 0.3 is 0 Å². The van der Waals surface area contributed by atoms with Gasteiger partial charge < -0.3 is 5.32 Å². The maximum atomic E-state index is 4.32. The van der Waals surface area contributed by atoms with Crippen molar-refractivity contribution in [3.63, 3.8) is 0 Å². The molecule has 0 spiro atoms. The summed E-state index contributed by atoms with van der Waals surface area (Å²) in [7, 11) is 0. The Morgan fingerprint density at radius 1 is 1.39 bits per heavy atom. The molecule has 4 nitrogen and oxygen atoms in total. The van der Waals surface area contributed by atoms with Gasteiger partial charge in [-0.3, -0.25) is 4.90 Å². The first-order valence-corrected chi connectivity index (χ1v) is 7.01. The summed E-state index contributed by atoms with van der Waals surface area (Å²) >= 11 is 0. The van der Waals surface area contributed by atoms with Crippen molar-refractivity contribution in [3.8, 4) is 0 Å². The molecule has 1 aromatic heterocycles. The third-order valence-corrected chi connectivity index (χ3v) is 3.71. The fourth-order valence-electron chi connectivity index (χ4n) is 2.52. The number of nitrogens with one attached hydrogen (secondary N) is 1. The van der Waals surface area contributed by atoms with Crippen LogP contribution in [0.25, 0.3) is 0 Å². The van der Waals surface area contributed by atoms with Crippen molar-refractivity contribution in [2.45, 2.75) is 51.7 Å². The number of rotatable bonds is 3. The highest BCUT2D eigenvalue weighted by molar-refractivity contribution is 4.97. The molecule has 2 heterocycles. The Balaban J connectivity index is 1.91. The SMILES string of the molecule is CCC1CCN(Cc2ccncn2)CCC(C)N1. The lowest BCUT2D eigenvalue weighted by Crippen LogP contribution is -2.43. The van der Waals surface area contributed by atoms with Gasteiger partial charge in [-0.05, 0) is 32.3 Å². The molecule has 1 fully saturated rings. The molecule has 1 N–H and O–H groups in total. The average molecular weight is 248 g/mol. The van der Waals surface area contributed by atoms with Crippen molar-refractivity contribution in [2.75, 3.05) is 13.1 Å². The van der Waals surface area contributed by atoms with Gasteiger partial charge in [0, 0.05) is 37.9 Å². The van der Waals surface area contributed by atoms with Crippen molar-refractivity contribution < 1.29 is 0 Å². The lowest BCUT2D eigenvalue weighted by Gasteiger charge is -2.31. The summed E-state index contributed by atoms with van der Waals surface area (Å²) in [4.78, 5) is 10.8. The van der Waals surface area contributed by atoms with Crippen LogP contribution in [0.2, 0.25) is 0 Å². The first-order valence-electron chi connectivity index (χ1n) is 7.01. The summed E-state index contributed by atoms with van der Waals surface area (Å²) in [6, 6.07) is 3.29. The summed E-state index contributed by atoms with van der Waals surface area (Å²) in [6.45, 7) is 7.81. The Labute approximate surface area is 110 Å². The maximum absolute atomic E-state index is 4.32. The molecule has 0 aliphatic carbocycles. The minimum absolute atomic E-state index is 0.614. The zero-order valence-electron chi connectivity index (χ0n) is 11.5. The fraction of sp³-hybridized carbons (Fsp3) is 0.714. The normalized spacial score (nSPS) is 26.6. The van der Waals surface area contributed by atoms with Crippen molar-refractivity contribution >= 4 is 0 Å². The van der Waals surface area contributed by atoms with Gasteiger partial charge in [0.15, 0.2) is 0 Å². The second kappa shape index (κ2) is 6.81. The highest BCUT2D eigenvalue weighted by atomic mass is 15.1. The summed E-state index contributed by atoms with van der Waals surface area (Å²) in [5, 5.41) is 3.70. The number of hydrogen-bond donors (Lipinski definition) is 1. The predicted molar refractivity (Wildman–Crippen MR) is 73.2 cm³/mol. The first-order chi connectivity index (χ1) is 8.78. The van der Waals surface area contributed by atoms with Gasteiger partial charge in [-0.25, -0.2) is 9.97 Å². The van der Waals surface area contributed by atoms with Crippen LogP contribution in [0.4, 0.5) is 0 Å². The highest BCUT2D eigenvalue weighted by Crippen LogP contribution is 2.11. The second-order valence-electron chi connectivity index (χ2n) is 5.23. The summed E-state index contributed by atoms with van der Waals surface area (Å²) < 4.78 is 0. The summed E-state index contributed by atoms with van der Waals surface area (Å²) in [5.41, 5.74) is 1.12. The molecule has 1 saturated heterocycles. The van der Waals surface area contributed by atoms with Gasteiger partial charge in [-0.1, -0.05) is 6.92 Å². The van der Waals surface area contributed by atoms with Gasteiger partial charge in [0.1, 0.15) is 6.33 Å². The van der Waals surface area contributed by atoms with Crippen molar-refractivity contribution in [1.82, 2.24) is 20.2 Å². The van der Waals surface area contributed by atoms with Crippen molar-refractivity contribution in [3.05, 3.63) is 24.3 Å². The van der Waals surface area contributed by atoms with Crippen LogP contribution >= 0.6 is 0 Å². The summed E-state index contributed by atoms with van der Waals surface area (Å²) in [6.07, 6.45) is 7.11. The Hall–Kier alpha value is -1.00. The van der Waals surface area contributed by atoms with Crippen LogP contribution in [-0.4, -0.2) is 40.0 Å². The third kappa shape index (κ3) is 4.03. The van der Waals surface area contributed by atoms with Crippen LogP contribution in [0.3, 0.4) is 0 Å². The van der Waals surface area contributed by atoms with E-state index >= 15 is 0 Å². The largest absolute Gasteiger partial charge is 0.311 e. The Morgan fingerprint density at radius 3 is 2.94 bits per heavy atom. The molecule has 1 aliphatic rings. The predicted octanol–water partition coefficient (Wildman–Crippen LogP) is 1.83. The van der Waals surface area contributed by atoms with E-state index in [9.17, 15) is 0 Å². The quantitative estimate of drug-likeness (QED) is 0.886. The molecule has 0 bridgehead atoms. The number of nitrogens with zero attached hydrogens (tertiary/aromatic N) is 3. The monoisotopic (exact) mass is 248 g/mol. The molecule has 4 heteroatoms. The standard InChI is InChI=1S/C14H24N4/c1-3-13-6-9-18(8-5-12(2)17-13)10-14-4-7-15-11-16-14/h4,7,11-13,17H,3,5-6,8-10H2,1-2H3. The molecule has 1 aromatic rings. The van der Waals surface area contributed by atoms with Gasteiger partial charge in [0.25, 0.3) is 0 Å². The molecule has 0 radical (unpaired) electrons. The zero-order chi connectivity index (χ0) is 12.8. The van der Waals surface area contributed by atoms with Crippen LogP contribution < -0.4 is 5.32 Å². The zero-order valence-corrected chi connectivity index (χ0v) is 11.5. The lowest BCUT2D eigenvalue weighted by molar-refractivity contribution is 0.204. The Kier molecular flexibility index (Phi) is 5.08. The van der Waals surface area contributed by atoms with Crippen LogP contribution in [0.15, 0.2) is 18.6 Å². The smallest absolute Gasteiger partial charge is 0.115 e. The van der Waals surface area contributed by atoms with Crippen LogP contribution in [0.5, 0.6) is 0 Å². The van der Waals surface area contributed by atoms with E-state index in [2.05, 4.69) is 34.0 Å². The van der Waals surface area contributed by atoms with E-state index in [0.717, 1.165) is 25.3 Å². The average Bonchev–Trinajstić information content (AvgIpc) is 2.39. The van der Waals surface area contributed by atoms with Crippen LogP contribution in [0, 0.1) is 0 Å². The molecule has 0 aromatic carbocycles. The van der Waals surface area contributed by atoms with Crippen LogP contribution in [0.1, 0.15) is 38.8 Å². The molecule has 1 aliphatic heterocycles. The van der Waals surface area contributed by atoms with Gasteiger partial charge in [-0.2, -0.15) is 0 Å². The number of hydrogen-bond acceptors (Lipinski definition) is 4. The molecular weight excluding hydrogens is 224 g/mol. The topological polar surface area (TPSA) is 41.1 Å². The molecule has 2 unspecified atom stereocenters. The van der Waals surface area contributed by atoms with E-state index in [1.165, 1.54) is 19.3 Å². The Bertz CT molecular complexity index is 341.